The second-order valence-electron chi connectivity index (χ2n) is 11.1. The van der Waals surface area contributed by atoms with Gasteiger partial charge in [0.1, 0.15) is 18.0 Å². The first-order chi connectivity index (χ1) is 20.8. The van der Waals surface area contributed by atoms with Crippen LogP contribution in [0, 0.1) is 0 Å². The minimum atomic E-state index is -0.601. The Bertz CT molecular complexity index is 1290. The maximum atomic E-state index is 12.5. The van der Waals surface area contributed by atoms with Gasteiger partial charge in [-0.15, -0.1) is 0 Å². The third-order valence-corrected chi connectivity index (χ3v) is 6.16. The lowest BCUT2D eigenvalue weighted by molar-refractivity contribution is -0.140. The van der Waals surface area contributed by atoms with E-state index in [2.05, 4.69) is 20.3 Å². The number of hydrogen-bond acceptors (Lipinski definition) is 10. The molecular weight excluding hydrogens is 570 g/mol. The van der Waals surface area contributed by atoms with Gasteiger partial charge in [-0.1, -0.05) is 18.6 Å². The van der Waals surface area contributed by atoms with Crippen LogP contribution in [0.2, 0.25) is 0 Å². The summed E-state index contributed by atoms with van der Waals surface area (Å²) in [7, 11) is 4.54. The number of likely N-dealkylation sites (N-methyl/N-ethyl adjacent to an activating group) is 2. The van der Waals surface area contributed by atoms with E-state index in [4.69, 9.17) is 9.47 Å². The summed E-state index contributed by atoms with van der Waals surface area (Å²) in [6, 6.07) is 11.3. The zero-order valence-corrected chi connectivity index (χ0v) is 26.3. The summed E-state index contributed by atoms with van der Waals surface area (Å²) in [5.41, 5.74) is 1.13. The molecule has 3 amide bonds. The number of rotatable bonds is 14. The van der Waals surface area contributed by atoms with Crippen molar-refractivity contribution < 1.29 is 38.5 Å². The van der Waals surface area contributed by atoms with Crippen LogP contribution in [-0.2, 0) is 25.6 Å². The summed E-state index contributed by atoms with van der Waals surface area (Å²) in [6.07, 6.45) is 1.45. The fraction of sp³-hybridized carbons (Fsp3) is 0.484. The summed E-state index contributed by atoms with van der Waals surface area (Å²) in [5, 5.41) is 21.2. The number of hydrogen-bond donors (Lipinski definition) is 2. The number of phenols is 1. The summed E-state index contributed by atoms with van der Waals surface area (Å²) in [4.78, 5) is 50.9. The second-order valence-corrected chi connectivity index (χ2v) is 11.1. The van der Waals surface area contributed by atoms with Gasteiger partial charge in [0.05, 0.1) is 24.0 Å². The monoisotopic (exact) mass is 613 g/mol. The summed E-state index contributed by atoms with van der Waals surface area (Å²) < 4.78 is 15.3. The van der Waals surface area contributed by atoms with Crippen molar-refractivity contribution >= 4 is 35.4 Å². The van der Waals surface area contributed by atoms with E-state index in [0.29, 0.717) is 37.2 Å². The Kier molecular flexibility index (Phi) is 14.1. The van der Waals surface area contributed by atoms with Crippen molar-refractivity contribution in [1.82, 2.24) is 15.1 Å². The molecule has 0 aliphatic carbocycles. The minimum Gasteiger partial charge on any atom is -0.507 e. The predicted molar refractivity (Wildman–Crippen MR) is 163 cm³/mol. The molecule has 0 fully saturated rings. The van der Waals surface area contributed by atoms with Crippen molar-refractivity contribution in [3.8, 4) is 5.75 Å². The zero-order valence-electron chi connectivity index (χ0n) is 26.3. The van der Waals surface area contributed by atoms with E-state index in [1.165, 1.54) is 35.1 Å². The van der Waals surface area contributed by atoms with Gasteiger partial charge in [-0.25, -0.2) is 9.59 Å². The fourth-order valence-electron chi connectivity index (χ4n) is 3.59. The van der Waals surface area contributed by atoms with Gasteiger partial charge in [0.15, 0.2) is 0 Å². The third kappa shape index (κ3) is 13.1. The number of phenolic OH excluding ortho intramolecular Hbond substituents is 1. The van der Waals surface area contributed by atoms with Crippen molar-refractivity contribution in [2.75, 3.05) is 40.8 Å². The maximum absolute atomic E-state index is 12.5. The molecule has 0 aliphatic rings. The number of nitrogens with zero attached hydrogens (tertiary/aromatic N) is 4. The molecule has 0 aliphatic heterocycles. The molecule has 0 spiro atoms. The maximum Gasteiger partial charge on any atom is 0.410 e. The topological polar surface area (TPSA) is 159 Å². The number of azo groups is 1. The molecule has 0 saturated heterocycles. The second kappa shape index (κ2) is 17.4. The van der Waals surface area contributed by atoms with Crippen molar-refractivity contribution in [2.45, 2.75) is 58.7 Å². The van der Waals surface area contributed by atoms with Gasteiger partial charge in [0, 0.05) is 40.2 Å². The van der Waals surface area contributed by atoms with Crippen molar-refractivity contribution in [3.63, 3.8) is 0 Å². The quantitative estimate of drug-likeness (QED) is 0.119. The molecule has 0 radical (unpaired) electrons. The number of ether oxygens (including phenoxy) is 3. The Morgan fingerprint density at radius 2 is 1.48 bits per heavy atom. The Balaban J connectivity index is 1.81. The van der Waals surface area contributed by atoms with Crippen molar-refractivity contribution in [2.24, 2.45) is 10.2 Å². The highest BCUT2D eigenvalue weighted by Crippen LogP contribution is 2.25. The smallest absolute Gasteiger partial charge is 0.410 e. The van der Waals surface area contributed by atoms with Gasteiger partial charge in [-0.05, 0) is 69.5 Å². The van der Waals surface area contributed by atoms with Crippen LogP contribution in [0.4, 0.5) is 21.0 Å². The van der Waals surface area contributed by atoms with Crippen LogP contribution in [0.25, 0.3) is 0 Å². The standard InChI is InChI=1S/C31H43N5O8/c1-31(2,3)44-30(41)36(5)19-18-35(4)29(40)43-21-22-11-13-23(14-12-22)33-34-24-15-16-26(37)25(20-24)28(39)32-17-9-7-8-10-27(38)42-6/h11-16,20,37H,7-10,17-19,21H2,1-6H3,(H,32,39)/b34-33+. The van der Waals surface area contributed by atoms with E-state index >= 15 is 0 Å². The average molecular weight is 614 g/mol. The summed E-state index contributed by atoms with van der Waals surface area (Å²) in [5.74, 6) is -0.872. The van der Waals surface area contributed by atoms with Crippen LogP contribution in [0.1, 0.15) is 62.4 Å². The van der Waals surface area contributed by atoms with Crippen LogP contribution in [0.15, 0.2) is 52.7 Å². The molecule has 13 heteroatoms. The molecule has 44 heavy (non-hydrogen) atoms. The lowest BCUT2D eigenvalue weighted by atomic mass is 10.1. The van der Waals surface area contributed by atoms with E-state index in [1.807, 2.05) is 0 Å². The van der Waals surface area contributed by atoms with E-state index in [0.717, 1.165) is 12.0 Å². The normalized spacial score (nSPS) is 11.1. The van der Waals surface area contributed by atoms with Crippen LogP contribution in [-0.4, -0.2) is 85.4 Å². The lowest BCUT2D eigenvalue weighted by Crippen LogP contribution is -2.40. The summed E-state index contributed by atoms with van der Waals surface area (Å²) >= 11 is 0. The lowest BCUT2D eigenvalue weighted by Gasteiger charge is -2.26. The van der Waals surface area contributed by atoms with Gasteiger partial charge in [0.25, 0.3) is 5.91 Å². The van der Waals surface area contributed by atoms with Gasteiger partial charge >= 0.3 is 18.2 Å². The number of nitrogens with one attached hydrogen (secondary N) is 1. The summed E-state index contributed by atoms with van der Waals surface area (Å²) in [6.45, 7) is 6.36. The van der Waals surface area contributed by atoms with Crippen LogP contribution < -0.4 is 5.32 Å². The Labute approximate surface area is 258 Å². The van der Waals surface area contributed by atoms with Gasteiger partial charge in [0.2, 0.25) is 0 Å². The third-order valence-electron chi connectivity index (χ3n) is 6.16. The van der Waals surface area contributed by atoms with E-state index in [-0.39, 0.29) is 37.0 Å². The largest absolute Gasteiger partial charge is 0.507 e. The molecule has 13 nitrogen and oxygen atoms in total. The molecule has 0 atom stereocenters. The molecule has 2 N–H and O–H groups in total. The van der Waals surface area contributed by atoms with Crippen LogP contribution in [0.5, 0.6) is 5.75 Å². The van der Waals surface area contributed by atoms with Crippen LogP contribution >= 0.6 is 0 Å². The van der Waals surface area contributed by atoms with E-state index in [9.17, 15) is 24.3 Å². The highest BCUT2D eigenvalue weighted by molar-refractivity contribution is 5.97. The number of methoxy groups -OCH3 is 1. The average Bonchev–Trinajstić information content (AvgIpc) is 2.98. The highest BCUT2D eigenvalue weighted by atomic mass is 16.6. The first kappa shape index (κ1) is 35.5. The number of benzene rings is 2. The number of amides is 3. The number of aromatic hydroxyl groups is 1. The molecule has 0 heterocycles. The number of esters is 1. The molecular formula is C31H43N5O8. The SMILES string of the molecule is COC(=O)CCCCCNC(=O)c1cc(/N=N/c2ccc(COC(=O)N(C)CCN(C)C(=O)OC(C)(C)C)cc2)ccc1O. The number of carbonyl (C=O) groups is 4. The first-order valence-electron chi connectivity index (χ1n) is 14.3. The van der Waals surface area contributed by atoms with E-state index < -0.39 is 23.7 Å². The molecule has 240 valence electrons. The fourth-order valence-corrected chi connectivity index (χ4v) is 3.59. The van der Waals surface area contributed by atoms with Crippen molar-refractivity contribution in [3.05, 3.63) is 53.6 Å². The Hall–Kier alpha value is -4.68. The zero-order chi connectivity index (χ0) is 32.7. The van der Waals surface area contributed by atoms with Crippen molar-refractivity contribution in [1.29, 1.82) is 0 Å². The molecule has 0 saturated carbocycles. The minimum absolute atomic E-state index is 0.0458. The molecule has 0 bridgehead atoms. The molecule has 0 unspecified atom stereocenters. The molecule has 2 rings (SSSR count). The first-order valence-corrected chi connectivity index (χ1v) is 14.3. The molecule has 2 aromatic rings. The molecule has 2 aromatic carbocycles. The number of carbonyl (C=O) groups excluding carboxylic acids is 4. The Morgan fingerprint density at radius 3 is 2.11 bits per heavy atom. The van der Waals surface area contributed by atoms with Gasteiger partial charge < -0.3 is 34.4 Å². The predicted octanol–water partition coefficient (Wildman–Crippen LogP) is 5.71. The van der Waals surface area contributed by atoms with Crippen LogP contribution in [0.3, 0.4) is 0 Å². The Morgan fingerprint density at radius 1 is 0.864 bits per heavy atom. The van der Waals surface area contributed by atoms with Gasteiger partial charge in [-0.3, -0.25) is 9.59 Å². The number of unbranched alkanes of at least 4 members (excludes halogenated alkanes) is 2. The molecule has 0 aromatic heterocycles. The highest BCUT2D eigenvalue weighted by Gasteiger charge is 2.20. The van der Waals surface area contributed by atoms with Gasteiger partial charge in [-0.2, -0.15) is 10.2 Å². The van der Waals surface area contributed by atoms with E-state index in [1.54, 1.807) is 59.1 Å².